The van der Waals surface area contributed by atoms with Crippen molar-refractivity contribution in [1.82, 2.24) is 0 Å². The van der Waals surface area contributed by atoms with E-state index in [1.54, 1.807) is 13.8 Å². The first-order valence-electron chi connectivity index (χ1n) is 10.0. The molecule has 3 rings (SSSR count). The number of rotatable bonds is 4. The topological polar surface area (TPSA) is 71.1 Å². The standard InChI is InChI=1S/C21H32O6/c1-7-24-21-9-8-20(6,27-21)11-16(26-18(22)12(2)3)17-14(5)19(23)25-15(17)10-13(21)4/h12-13,15-17H,5,7-11H2,1-4,6H3/t13-,15+,16-,17+,20-,21+/m0/s1. The van der Waals surface area contributed by atoms with Crippen molar-refractivity contribution >= 4 is 11.9 Å². The zero-order valence-electron chi connectivity index (χ0n) is 17.1. The van der Waals surface area contributed by atoms with E-state index in [-0.39, 0.29) is 29.8 Å². The summed E-state index contributed by atoms with van der Waals surface area (Å²) in [7, 11) is 0. The van der Waals surface area contributed by atoms with Crippen molar-refractivity contribution in [1.29, 1.82) is 0 Å². The lowest BCUT2D eigenvalue weighted by Crippen LogP contribution is -2.43. The summed E-state index contributed by atoms with van der Waals surface area (Å²) in [5, 5.41) is 0. The molecule has 0 unspecified atom stereocenters. The highest BCUT2D eigenvalue weighted by Crippen LogP contribution is 2.51. The van der Waals surface area contributed by atoms with Crippen LogP contribution < -0.4 is 0 Å². The summed E-state index contributed by atoms with van der Waals surface area (Å²) in [6, 6.07) is 0. The number of carbonyl (C=O) groups excluding carboxylic acids is 2. The first-order valence-corrected chi connectivity index (χ1v) is 10.0. The van der Waals surface area contributed by atoms with Gasteiger partial charge in [-0.05, 0) is 26.7 Å². The first kappa shape index (κ1) is 20.3. The van der Waals surface area contributed by atoms with Crippen LogP contribution in [0.4, 0.5) is 0 Å². The molecule has 152 valence electrons. The predicted molar refractivity (Wildman–Crippen MR) is 98.7 cm³/mol. The van der Waals surface area contributed by atoms with Crippen molar-refractivity contribution in [2.24, 2.45) is 17.8 Å². The van der Waals surface area contributed by atoms with Gasteiger partial charge in [-0.25, -0.2) is 4.79 Å². The summed E-state index contributed by atoms with van der Waals surface area (Å²) < 4.78 is 24.1. The summed E-state index contributed by atoms with van der Waals surface area (Å²) >= 11 is 0. The molecule has 0 saturated carbocycles. The second-order valence-electron chi connectivity index (χ2n) is 8.76. The zero-order valence-corrected chi connectivity index (χ0v) is 17.1. The fourth-order valence-electron chi connectivity index (χ4n) is 4.72. The maximum atomic E-state index is 12.4. The van der Waals surface area contributed by atoms with Crippen LogP contribution in [0.25, 0.3) is 0 Å². The Balaban J connectivity index is 1.98. The molecule has 0 radical (unpaired) electrons. The van der Waals surface area contributed by atoms with E-state index in [2.05, 4.69) is 13.5 Å². The van der Waals surface area contributed by atoms with Crippen LogP contribution >= 0.6 is 0 Å². The second-order valence-corrected chi connectivity index (χ2v) is 8.76. The van der Waals surface area contributed by atoms with Gasteiger partial charge >= 0.3 is 11.9 Å². The molecule has 3 saturated heterocycles. The van der Waals surface area contributed by atoms with Crippen molar-refractivity contribution < 1.29 is 28.5 Å². The lowest BCUT2D eigenvalue weighted by molar-refractivity contribution is -0.275. The van der Waals surface area contributed by atoms with Gasteiger partial charge in [0.05, 0.1) is 17.4 Å². The van der Waals surface area contributed by atoms with Crippen molar-refractivity contribution in [3.63, 3.8) is 0 Å². The van der Waals surface area contributed by atoms with Gasteiger partial charge in [0.1, 0.15) is 12.2 Å². The third kappa shape index (κ3) is 3.66. The Hall–Kier alpha value is -1.40. The molecule has 3 aliphatic heterocycles. The first-order chi connectivity index (χ1) is 12.6. The van der Waals surface area contributed by atoms with Crippen LogP contribution in [-0.2, 0) is 28.5 Å². The largest absolute Gasteiger partial charge is 0.461 e. The third-order valence-electron chi connectivity index (χ3n) is 6.24. The average Bonchev–Trinajstić information content (AvgIpc) is 3.05. The van der Waals surface area contributed by atoms with E-state index < -0.39 is 23.5 Å². The van der Waals surface area contributed by atoms with Gasteiger partial charge in [0, 0.05) is 30.9 Å². The van der Waals surface area contributed by atoms with Gasteiger partial charge < -0.3 is 18.9 Å². The predicted octanol–water partition coefficient (Wildman–Crippen LogP) is 3.38. The van der Waals surface area contributed by atoms with Crippen molar-refractivity contribution in [3.8, 4) is 0 Å². The Kier molecular flexibility index (Phi) is 5.43. The molecular weight excluding hydrogens is 348 g/mol. The smallest absolute Gasteiger partial charge is 0.334 e. The van der Waals surface area contributed by atoms with Crippen LogP contribution in [0.15, 0.2) is 12.2 Å². The Labute approximate surface area is 161 Å². The van der Waals surface area contributed by atoms with Crippen LogP contribution in [0.1, 0.15) is 60.3 Å². The SMILES string of the molecule is C=C1C(=O)O[C@@H]2C[C@H](C)[C@@]3(OCC)CC[C@@](C)(C[C@H](OC(=O)C(C)C)[C@H]12)O3. The fourth-order valence-corrected chi connectivity index (χ4v) is 4.72. The van der Waals surface area contributed by atoms with Crippen molar-refractivity contribution in [2.75, 3.05) is 6.61 Å². The fraction of sp³-hybridized carbons (Fsp3) is 0.810. The maximum Gasteiger partial charge on any atom is 0.334 e. The van der Waals surface area contributed by atoms with Gasteiger partial charge in [-0.1, -0.05) is 27.4 Å². The van der Waals surface area contributed by atoms with E-state index in [1.807, 2.05) is 13.8 Å². The summed E-state index contributed by atoms with van der Waals surface area (Å²) in [5.74, 6) is -1.93. The number of hydrogen-bond acceptors (Lipinski definition) is 6. The zero-order chi connectivity index (χ0) is 20.0. The number of fused-ring (bicyclic) bond motifs is 3. The summed E-state index contributed by atoms with van der Waals surface area (Å²) in [6.07, 6.45) is 1.78. The van der Waals surface area contributed by atoms with Gasteiger partial charge in [0.2, 0.25) is 0 Å². The van der Waals surface area contributed by atoms with Crippen molar-refractivity contribution in [2.45, 2.75) is 83.9 Å². The van der Waals surface area contributed by atoms with Gasteiger partial charge in [-0.2, -0.15) is 0 Å². The molecule has 0 aromatic rings. The quantitative estimate of drug-likeness (QED) is 0.550. The van der Waals surface area contributed by atoms with Gasteiger partial charge in [-0.3, -0.25) is 4.79 Å². The summed E-state index contributed by atoms with van der Waals surface area (Å²) in [6.45, 7) is 14.2. The Morgan fingerprint density at radius 2 is 2.07 bits per heavy atom. The van der Waals surface area contributed by atoms with Crippen LogP contribution in [0.5, 0.6) is 0 Å². The highest BCUT2D eigenvalue weighted by Gasteiger charge is 2.57. The van der Waals surface area contributed by atoms with Crippen LogP contribution in [0.3, 0.4) is 0 Å². The molecule has 0 aromatic heterocycles. The summed E-state index contributed by atoms with van der Waals surface area (Å²) in [4.78, 5) is 24.6. The third-order valence-corrected chi connectivity index (χ3v) is 6.24. The highest BCUT2D eigenvalue weighted by molar-refractivity contribution is 5.91. The molecular formula is C21H32O6. The Morgan fingerprint density at radius 1 is 1.37 bits per heavy atom. The lowest BCUT2D eigenvalue weighted by atomic mass is 9.78. The number of esters is 2. The molecule has 2 bridgehead atoms. The number of carbonyl (C=O) groups is 2. The molecule has 0 amide bonds. The van der Waals surface area contributed by atoms with E-state index in [4.69, 9.17) is 18.9 Å². The normalized spacial score (nSPS) is 41.6. The highest BCUT2D eigenvalue weighted by atomic mass is 16.7. The van der Waals surface area contributed by atoms with Gasteiger partial charge in [-0.15, -0.1) is 0 Å². The number of ether oxygens (including phenoxy) is 4. The van der Waals surface area contributed by atoms with Crippen molar-refractivity contribution in [3.05, 3.63) is 12.2 Å². The minimum atomic E-state index is -0.693. The van der Waals surface area contributed by atoms with Gasteiger partial charge in [0.15, 0.2) is 5.79 Å². The maximum absolute atomic E-state index is 12.4. The minimum Gasteiger partial charge on any atom is -0.461 e. The molecule has 3 fully saturated rings. The van der Waals surface area contributed by atoms with Crippen LogP contribution in [0, 0.1) is 17.8 Å². The van der Waals surface area contributed by atoms with E-state index in [0.29, 0.717) is 25.0 Å². The molecule has 6 atom stereocenters. The molecule has 0 N–H and O–H groups in total. The molecule has 0 spiro atoms. The van der Waals surface area contributed by atoms with Crippen LogP contribution in [-0.4, -0.2) is 42.1 Å². The van der Waals surface area contributed by atoms with Gasteiger partial charge in [0.25, 0.3) is 0 Å². The molecule has 0 aliphatic carbocycles. The number of hydrogen-bond donors (Lipinski definition) is 0. The monoisotopic (exact) mass is 380 g/mol. The Morgan fingerprint density at radius 3 is 2.70 bits per heavy atom. The average molecular weight is 380 g/mol. The molecule has 27 heavy (non-hydrogen) atoms. The lowest BCUT2D eigenvalue weighted by Gasteiger charge is -2.37. The van der Waals surface area contributed by atoms with E-state index in [9.17, 15) is 9.59 Å². The molecule has 3 heterocycles. The minimum absolute atomic E-state index is 0.0324. The second kappa shape index (κ2) is 7.21. The van der Waals surface area contributed by atoms with E-state index in [0.717, 1.165) is 12.8 Å². The molecule has 6 heteroatoms. The molecule has 0 aromatic carbocycles. The van der Waals surface area contributed by atoms with E-state index >= 15 is 0 Å². The Bertz CT molecular complexity index is 628. The molecule has 6 nitrogen and oxygen atoms in total. The molecule has 3 aliphatic rings. The summed E-state index contributed by atoms with van der Waals surface area (Å²) in [5.41, 5.74) is -0.104. The van der Waals surface area contributed by atoms with Crippen LogP contribution in [0.2, 0.25) is 0 Å². The van der Waals surface area contributed by atoms with E-state index in [1.165, 1.54) is 0 Å².